The van der Waals surface area contributed by atoms with Crippen molar-refractivity contribution in [3.8, 4) is 0 Å². The van der Waals surface area contributed by atoms with E-state index in [1.165, 1.54) is 16.8 Å². The van der Waals surface area contributed by atoms with E-state index in [1.807, 2.05) is 0 Å². The number of ether oxygens (including phenoxy) is 1. The van der Waals surface area contributed by atoms with Crippen molar-refractivity contribution in [1.29, 1.82) is 0 Å². The van der Waals surface area contributed by atoms with Crippen LogP contribution in [0.3, 0.4) is 0 Å². The highest BCUT2D eigenvalue weighted by atomic mass is 32.2. The molecule has 0 unspecified atom stereocenters. The van der Waals surface area contributed by atoms with E-state index >= 15 is 0 Å². The molecule has 6 nitrogen and oxygen atoms in total. The number of carbonyl (C=O) groups is 1. The van der Waals surface area contributed by atoms with E-state index in [2.05, 4.69) is 19.2 Å². The molecule has 144 valence electrons. The molecular weight excluding hydrogens is 352 g/mol. The van der Waals surface area contributed by atoms with Gasteiger partial charge >= 0.3 is 0 Å². The lowest BCUT2D eigenvalue weighted by molar-refractivity contribution is 0.0730. The van der Waals surface area contributed by atoms with Crippen molar-refractivity contribution in [2.45, 2.75) is 44.0 Å². The van der Waals surface area contributed by atoms with Crippen molar-refractivity contribution >= 4 is 15.9 Å². The van der Waals surface area contributed by atoms with Crippen LogP contribution in [-0.2, 0) is 14.8 Å². The molecule has 1 amide bonds. The Hall–Kier alpha value is -1.44. The first-order valence-corrected chi connectivity index (χ1v) is 10.8. The van der Waals surface area contributed by atoms with Crippen LogP contribution < -0.4 is 5.32 Å². The topological polar surface area (TPSA) is 75.7 Å². The van der Waals surface area contributed by atoms with Crippen LogP contribution in [0, 0.1) is 11.8 Å². The number of benzene rings is 1. The molecule has 0 aromatic heterocycles. The fourth-order valence-corrected chi connectivity index (χ4v) is 5.23. The zero-order chi connectivity index (χ0) is 18.7. The lowest BCUT2D eigenvalue weighted by Crippen LogP contribution is -2.43. The molecule has 1 saturated heterocycles. The third kappa shape index (κ3) is 4.10. The zero-order valence-electron chi connectivity index (χ0n) is 15.5. The second-order valence-electron chi connectivity index (χ2n) is 7.39. The summed E-state index contributed by atoms with van der Waals surface area (Å²) in [5.74, 6) is 0.810. The quantitative estimate of drug-likeness (QED) is 0.869. The highest BCUT2D eigenvalue weighted by Gasteiger charge is 2.30. The molecule has 3 rings (SSSR count). The summed E-state index contributed by atoms with van der Waals surface area (Å²) in [5.41, 5.74) is 0.393. The van der Waals surface area contributed by atoms with E-state index in [1.54, 1.807) is 18.2 Å². The molecule has 0 bridgehead atoms. The molecule has 0 radical (unpaired) electrons. The second kappa shape index (κ2) is 8.06. The first kappa shape index (κ1) is 19.3. The van der Waals surface area contributed by atoms with Crippen molar-refractivity contribution in [2.24, 2.45) is 11.8 Å². The molecule has 0 spiro atoms. The minimum atomic E-state index is -3.60. The van der Waals surface area contributed by atoms with Gasteiger partial charge in [0, 0.05) is 24.7 Å². The highest BCUT2D eigenvalue weighted by molar-refractivity contribution is 7.89. The highest BCUT2D eigenvalue weighted by Crippen LogP contribution is 2.29. The van der Waals surface area contributed by atoms with Gasteiger partial charge in [0.1, 0.15) is 0 Å². The number of nitrogens with one attached hydrogen (secondary N) is 1. The minimum absolute atomic E-state index is 0.144. The molecule has 1 aromatic rings. The third-order valence-electron chi connectivity index (χ3n) is 5.73. The van der Waals surface area contributed by atoms with Gasteiger partial charge in [-0.25, -0.2) is 8.42 Å². The van der Waals surface area contributed by atoms with E-state index in [-0.39, 0.29) is 16.8 Å². The Bertz CT molecular complexity index is 744. The monoisotopic (exact) mass is 380 g/mol. The molecule has 1 aliphatic carbocycles. The summed E-state index contributed by atoms with van der Waals surface area (Å²) in [6, 6.07) is 6.48. The van der Waals surface area contributed by atoms with E-state index in [4.69, 9.17) is 4.74 Å². The number of nitrogens with zero attached hydrogens (tertiary/aromatic N) is 1. The predicted molar refractivity (Wildman–Crippen MR) is 99.5 cm³/mol. The SMILES string of the molecule is C[C@H]1[C@H](C)CCC[C@@H]1NC(=O)c1cccc(S(=O)(=O)N2CCOCC2)c1. The molecule has 1 N–H and O–H groups in total. The molecule has 1 aliphatic heterocycles. The first-order chi connectivity index (χ1) is 12.4. The number of hydrogen-bond acceptors (Lipinski definition) is 4. The molecule has 7 heteroatoms. The molecule has 1 saturated carbocycles. The van der Waals surface area contributed by atoms with Gasteiger partial charge in [0.05, 0.1) is 18.1 Å². The van der Waals surface area contributed by atoms with Crippen molar-refractivity contribution in [2.75, 3.05) is 26.3 Å². The van der Waals surface area contributed by atoms with Gasteiger partial charge in [-0.15, -0.1) is 0 Å². The molecule has 2 aliphatic rings. The van der Waals surface area contributed by atoms with E-state index in [0.717, 1.165) is 12.8 Å². The normalized spacial score (nSPS) is 27.8. The summed E-state index contributed by atoms with van der Waals surface area (Å²) in [7, 11) is -3.60. The van der Waals surface area contributed by atoms with Gasteiger partial charge in [0.25, 0.3) is 5.91 Å². The third-order valence-corrected chi connectivity index (χ3v) is 7.62. The number of hydrogen-bond donors (Lipinski definition) is 1. The van der Waals surface area contributed by atoms with Crippen molar-refractivity contribution < 1.29 is 17.9 Å². The van der Waals surface area contributed by atoms with E-state index < -0.39 is 10.0 Å². The predicted octanol–water partition coefficient (Wildman–Crippen LogP) is 2.26. The maximum atomic E-state index is 12.8. The Labute approximate surface area is 156 Å². The minimum Gasteiger partial charge on any atom is -0.379 e. The summed E-state index contributed by atoms with van der Waals surface area (Å²) in [6.45, 7) is 5.88. The summed E-state index contributed by atoms with van der Waals surface area (Å²) in [5, 5.41) is 3.11. The lowest BCUT2D eigenvalue weighted by Gasteiger charge is -2.34. The van der Waals surface area contributed by atoms with Crippen LogP contribution in [0.1, 0.15) is 43.5 Å². The number of rotatable bonds is 4. The van der Waals surface area contributed by atoms with Gasteiger partial charge < -0.3 is 10.1 Å². The van der Waals surface area contributed by atoms with Gasteiger partial charge in [0.15, 0.2) is 0 Å². The second-order valence-corrected chi connectivity index (χ2v) is 9.33. The molecule has 1 aromatic carbocycles. The van der Waals surface area contributed by atoms with Crippen LogP contribution in [0.2, 0.25) is 0 Å². The Morgan fingerprint density at radius 3 is 2.65 bits per heavy atom. The Balaban J connectivity index is 1.75. The van der Waals surface area contributed by atoms with Crippen molar-refractivity contribution in [3.63, 3.8) is 0 Å². The van der Waals surface area contributed by atoms with Crippen LogP contribution in [0.5, 0.6) is 0 Å². The largest absolute Gasteiger partial charge is 0.379 e. The van der Waals surface area contributed by atoms with Crippen LogP contribution in [0.15, 0.2) is 29.2 Å². The van der Waals surface area contributed by atoms with Crippen LogP contribution in [0.25, 0.3) is 0 Å². The average molecular weight is 381 g/mol. The van der Waals surface area contributed by atoms with Crippen LogP contribution in [-0.4, -0.2) is 51.0 Å². The van der Waals surface area contributed by atoms with Gasteiger partial charge in [-0.05, 0) is 36.5 Å². The molecule has 3 atom stereocenters. The van der Waals surface area contributed by atoms with Crippen LogP contribution >= 0.6 is 0 Å². The number of sulfonamides is 1. The first-order valence-electron chi connectivity index (χ1n) is 9.38. The van der Waals surface area contributed by atoms with Crippen molar-refractivity contribution in [3.05, 3.63) is 29.8 Å². The van der Waals surface area contributed by atoms with Gasteiger partial charge in [-0.1, -0.05) is 32.8 Å². The summed E-state index contributed by atoms with van der Waals surface area (Å²) < 4.78 is 32.2. The van der Waals surface area contributed by atoms with E-state index in [0.29, 0.717) is 43.7 Å². The standard InChI is InChI=1S/C19H28N2O4S/c1-14-5-3-8-18(15(14)2)20-19(22)16-6-4-7-17(13-16)26(23,24)21-9-11-25-12-10-21/h4,6-7,13-15,18H,3,5,8-12H2,1-2H3,(H,20,22)/t14-,15+,18+/m1/s1. The Morgan fingerprint density at radius 1 is 1.19 bits per heavy atom. The molecular formula is C19H28N2O4S. The fourth-order valence-electron chi connectivity index (χ4n) is 3.77. The van der Waals surface area contributed by atoms with E-state index in [9.17, 15) is 13.2 Å². The van der Waals surface area contributed by atoms with Gasteiger partial charge in [-0.3, -0.25) is 4.79 Å². The number of morpholine rings is 1. The zero-order valence-corrected chi connectivity index (χ0v) is 16.3. The molecule has 26 heavy (non-hydrogen) atoms. The summed E-state index contributed by atoms with van der Waals surface area (Å²) in [6.07, 6.45) is 3.28. The van der Waals surface area contributed by atoms with Gasteiger partial charge in [-0.2, -0.15) is 4.31 Å². The number of carbonyl (C=O) groups excluding carboxylic acids is 1. The Morgan fingerprint density at radius 2 is 1.92 bits per heavy atom. The maximum absolute atomic E-state index is 12.8. The maximum Gasteiger partial charge on any atom is 0.251 e. The summed E-state index contributed by atoms with van der Waals surface area (Å²) >= 11 is 0. The number of amides is 1. The molecule has 2 fully saturated rings. The lowest BCUT2D eigenvalue weighted by atomic mass is 9.78. The summed E-state index contributed by atoms with van der Waals surface area (Å²) in [4.78, 5) is 12.8. The smallest absolute Gasteiger partial charge is 0.251 e. The van der Waals surface area contributed by atoms with Gasteiger partial charge in [0.2, 0.25) is 10.0 Å². The Kier molecular flexibility index (Phi) is 5.99. The fraction of sp³-hybridized carbons (Fsp3) is 0.632. The van der Waals surface area contributed by atoms with Crippen molar-refractivity contribution in [1.82, 2.24) is 9.62 Å². The molecule has 1 heterocycles. The average Bonchev–Trinajstić information content (AvgIpc) is 2.66. The van der Waals surface area contributed by atoms with Crippen LogP contribution in [0.4, 0.5) is 0 Å².